The summed E-state index contributed by atoms with van der Waals surface area (Å²) in [5.74, 6) is 1.40. The smallest absolute Gasteiger partial charge is 0.249 e. The summed E-state index contributed by atoms with van der Waals surface area (Å²) in [4.78, 5) is 14.9. The normalized spacial score (nSPS) is 10.8. The van der Waals surface area contributed by atoms with Gasteiger partial charge in [0.15, 0.2) is 0 Å². The van der Waals surface area contributed by atoms with Crippen LogP contribution < -0.4 is 15.3 Å². The molecule has 2 heterocycles. The van der Waals surface area contributed by atoms with E-state index in [1.807, 2.05) is 13.8 Å². The van der Waals surface area contributed by atoms with Gasteiger partial charge in [-0.05, 0) is 6.92 Å². The molecule has 0 saturated heterocycles. The fourth-order valence-electron chi connectivity index (χ4n) is 1.56. The minimum atomic E-state index is 0.360. The number of hydrogen-bond acceptors (Lipinski definition) is 6. The molecule has 0 aliphatic carbocycles. The molecule has 0 spiro atoms. The molecular formula is C10H15N5O2. The van der Waals surface area contributed by atoms with E-state index in [0.717, 1.165) is 0 Å². The van der Waals surface area contributed by atoms with Crippen molar-refractivity contribution in [3.8, 4) is 5.88 Å². The van der Waals surface area contributed by atoms with Gasteiger partial charge >= 0.3 is 0 Å². The van der Waals surface area contributed by atoms with Crippen LogP contribution in [0.3, 0.4) is 0 Å². The molecule has 0 saturated carbocycles. The fourth-order valence-corrected chi connectivity index (χ4v) is 1.56. The largest absolute Gasteiger partial charge is 0.476 e. The first-order chi connectivity index (χ1) is 8.21. The van der Waals surface area contributed by atoms with E-state index in [1.54, 1.807) is 0 Å². The Bertz CT molecular complexity index is 537. The van der Waals surface area contributed by atoms with Crippen LogP contribution >= 0.6 is 0 Å². The zero-order chi connectivity index (χ0) is 12.4. The lowest BCUT2D eigenvalue weighted by Crippen LogP contribution is -2.09. The zero-order valence-corrected chi connectivity index (χ0v) is 10.1. The van der Waals surface area contributed by atoms with Crippen LogP contribution in [-0.4, -0.2) is 33.6 Å². The highest BCUT2D eigenvalue weighted by molar-refractivity contribution is 5.90. The van der Waals surface area contributed by atoms with Crippen LogP contribution in [-0.2, 0) is 6.42 Å². The molecule has 0 bridgehead atoms. The summed E-state index contributed by atoms with van der Waals surface area (Å²) in [5, 5.41) is 4.71. The summed E-state index contributed by atoms with van der Waals surface area (Å²) in [6, 6.07) is 0. The Kier molecular flexibility index (Phi) is 2.99. The Labute approximate surface area is 98.5 Å². The number of rotatable bonds is 4. The van der Waals surface area contributed by atoms with Crippen molar-refractivity contribution < 1.29 is 9.57 Å². The molecule has 17 heavy (non-hydrogen) atoms. The molecule has 7 nitrogen and oxygen atoms in total. The number of aromatic nitrogens is 4. The molecule has 0 aromatic carbocycles. The van der Waals surface area contributed by atoms with Crippen LogP contribution in [0.15, 0.2) is 0 Å². The standard InChI is InChI=1S/C10H15N5O2/c1-4-6-12-8(11)7-9(13-6)15(16-3)14-10(7)17-5-2/h4-5H2,1-3H3,(H2,11,12,13). The van der Waals surface area contributed by atoms with E-state index < -0.39 is 0 Å². The van der Waals surface area contributed by atoms with Crippen molar-refractivity contribution in [2.75, 3.05) is 19.5 Å². The van der Waals surface area contributed by atoms with Crippen molar-refractivity contribution in [3.63, 3.8) is 0 Å². The third kappa shape index (κ3) is 1.83. The second-order valence-corrected chi connectivity index (χ2v) is 3.37. The Morgan fingerprint density at radius 3 is 2.65 bits per heavy atom. The molecule has 0 aliphatic rings. The predicted molar refractivity (Wildman–Crippen MR) is 62.8 cm³/mol. The molecule has 7 heteroatoms. The molecule has 2 rings (SSSR count). The average Bonchev–Trinajstić information content (AvgIpc) is 2.68. The molecule has 0 aliphatic heterocycles. The number of nitrogen functional groups attached to an aromatic ring is 1. The van der Waals surface area contributed by atoms with Crippen molar-refractivity contribution >= 4 is 16.9 Å². The van der Waals surface area contributed by atoms with Crippen LogP contribution in [0.25, 0.3) is 11.0 Å². The van der Waals surface area contributed by atoms with Gasteiger partial charge in [0.2, 0.25) is 11.5 Å². The maximum atomic E-state index is 5.89. The van der Waals surface area contributed by atoms with E-state index in [4.69, 9.17) is 15.3 Å². The molecule has 0 unspecified atom stereocenters. The zero-order valence-electron chi connectivity index (χ0n) is 10.1. The minimum absolute atomic E-state index is 0.360. The van der Waals surface area contributed by atoms with Crippen molar-refractivity contribution in [3.05, 3.63) is 5.82 Å². The molecule has 92 valence electrons. The Hall–Kier alpha value is -2.05. The van der Waals surface area contributed by atoms with E-state index in [0.29, 0.717) is 41.6 Å². The maximum Gasteiger partial charge on any atom is 0.249 e. The number of aryl methyl sites for hydroxylation is 1. The summed E-state index contributed by atoms with van der Waals surface area (Å²) in [6.45, 7) is 4.32. The lowest BCUT2D eigenvalue weighted by atomic mass is 10.3. The maximum absolute atomic E-state index is 5.89. The van der Waals surface area contributed by atoms with Crippen molar-refractivity contribution in [1.82, 2.24) is 19.9 Å². The Balaban J connectivity index is 2.71. The second kappa shape index (κ2) is 4.44. The van der Waals surface area contributed by atoms with Gasteiger partial charge in [0.05, 0.1) is 6.61 Å². The molecular weight excluding hydrogens is 222 g/mol. The number of fused-ring (bicyclic) bond motifs is 1. The van der Waals surface area contributed by atoms with Gasteiger partial charge in [0.25, 0.3) is 0 Å². The van der Waals surface area contributed by atoms with Crippen LogP contribution in [0.2, 0.25) is 0 Å². The highest BCUT2D eigenvalue weighted by Gasteiger charge is 2.18. The number of ether oxygens (including phenoxy) is 1. The van der Waals surface area contributed by atoms with E-state index in [2.05, 4.69) is 15.1 Å². The van der Waals surface area contributed by atoms with Crippen LogP contribution in [0.4, 0.5) is 5.82 Å². The Morgan fingerprint density at radius 1 is 1.29 bits per heavy atom. The van der Waals surface area contributed by atoms with Gasteiger partial charge in [-0.2, -0.15) is 0 Å². The predicted octanol–water partition coefficient (Wildman–Crippen LogP) is 0.428. The first kappa shape index (κ1) is 11.4. The molecule has 0 atom stereocenters. The summed E-state index contributed by atoms with van der Waals surface area (Å²) in [7, 11) is 1.51. The van der Waals surface area contributed by atoms with E-state index >= 15 is 0 Å². The molecule has 0 radical (unpaired) electrons. The number of anilines is 1. The Morgan fingerprint density at radius 2 is 2.06 bits per heavy atom. The SMILES string of the molecule is CCOc1nn(OC)c2nc(CC)nc(N)c12. The average molecular weight is 237 g/mol. The molecule has 0 amide bonds. The molecule has 2 N–H and O–H groups in total. The third-order valence-electron chi connectivity index (χ3n) is 2.31. The molecule has 2 aromatic rings. The topological polar surface area (TPSA) is 88.1 Å². The molecule has 0 fully saturated rings. The lowest BCUT2D eigenvalue weighted by molar-refractivity contribution is 0.137. The van der Waals surface area contributed by atoms with Gasteiger partial charge in [-0.15, -0.1) is 0 Å². The summed E-state index contributed by atoms with van der Waals surface area (Å²) >= 11 is 0. The van der Waals surface area contributed by atoms with Gasteiger partial charge < -0.3 is 15.3 Å². The van der Waals surface area contributed by atoms with Crippen LogP contribution in [0.5, 0.6) is 5.88 Å². The van der Waals surface area contributed by atoms with Gasteiger partial charge in [-0.3, -0.25) is 0 Å². The van der Waals surface area contributed by atoms with E-state index in [1.165, 1.54) is 12.0 Å². The first-order valence-corrected chi connectivity index (χ1v) is 5.43. The lowest BCUT2D eigenvalue weighted by Gasteiger charge is -2.02. The first-order valence-electron chi connectivity index (χ1n) is 5.43. The van der Waals surface area contributed by atoms with Gasteiger partial charge in [-0.1, -0.05) is 16.9 Å². The summed E-state index contributed by atoms with van der Waals surface area (Å²) in [6.07, 6.45) is 0.693. The number of hydrogen-bond donors (Lipinski definition) is 1. The summed E-state index contributed by atoms with van der Waals surface area (Å²) < 4.78 is 5.38. The third-order valence-corrected chi connectivity index (χ3v) is 2.31. The molecule has 2 aromatic heterocycles. The van der Waals surface area contributed by atoms with Crippen LogP contribution in [0, 0.1) is 0 Å². The minimum Gasteiger partial charge on any atom is -0.476 e. The van der Waals surface area contributed by atoms with E-state index in [-0.39, 0.29) is 0 Å². The fraction of sp³-hybridized carbons (Fsp3) is 0.500. The van der Waals surface area contributed by atoms with Crippen molar-refractivity contribution in [2.24, 2.45) is 0 Å². The summed E-state index contributed by atoms with van der Waals surface area (Å²) in [5.41, 5.74) is 6.42. The van der Waals surface area contributed by atoms with Crippen LogP contribution in [0.1, 0.15) is 19.7 Å². The van der Waals surface area contributed by atoms with Gasteiger partial charge in [0, 0.05) is 6.42 Å². The van der Waals surface area contributed by atoms with Gasteiger partial charge in [-0.25, -0.2) is 9.97 Å². The van der Waals surface area contributed by atoms with Crippen molar-refractivity contribution in [2.45, 2.75) is 20.3 Å². The monoisotopic (exact) mass is 237 g/mol. The second-order valence-electron chi connectivity index (χ2n) is 3.37. The highest BCUT2D eigenvalue weighted by atomic mass is 16.7. The van der Waals surface area contributed by atoms with Crippen molar-refractivity contribution in [1.29, 1.82) is 0 Å². The highest BCUT2D eigenvalue weighted by Crippen LogP contribution is 2.27. The number of nitrogens with two attached hydrogens (primary N) is 1. The van der Waals surface area contributed by atoms with E-state index in [9.17, 15) is 0 Å². The number of nitrogens with zero attached hydrogens (tertiary/aromatic N) is 4. The quantitative estimate of drug-likeness (QED) is 0.829. The van der Waals surface area contributed by atoms with Gasteiger partial charge in [0.1, 0.15) is 24.1 Å².